The smallest absolute Gasteiger partial charge is 0.423 e. The molecular weight excluding hydrogens is 401 g/mol. The fourth-order valence-electron chi connectivity index (χ4n) is 3.41. The van der Waals surface area contributed by atoms with Crippen molar-refractivity contribution in [2.24, 2.45) is 0 Å². The molecule has 1 N–H and O–H groups in total. The summed E-state index contributed by atoms with van der Waals surface area (Å²) in [5, 5.41) is 17.3. The molecule has 7 nitrogen and oxygen atoms in total. The summed E-state index contributed by atoms with van der Waals surface area (Å²) in [6.07, 6.45) is -0.230. The minimum Gasteiger partial charge on any atom is -0.462 e. The highest BCUT2D eigenvalue weighted by atomic mass is 19.4. The number of esters is 1. The highest BCUT2D eigenvalue weighted by Gasteiger charge is 2.55. The number of halogens is 3. The summed E-state index contributed by atoms with van der Waals surface area (Å²) in [6.45, 7) is 5.34. The Morgan fingerprint density at radius 2 is 1.90 bits per heavy atom. The van der Waals surface area contributed by atoms with Crippen molar-refractivity contribution in [1.29, 1.82) is 0 Å². The monoisotopic (exact) mass is 424 g/mol. The van der Waals surface area contributed by atoms with Crippen molar-refractivity contribution in [1.82, 2.24) is 19.4 Å². The maximum absolute atomic E-state index is 13.2. The predicted octanol–water partition coefficient (Wildman–Crippen LogP) is 3.48. The van der Waals surface area contributed by atoms with Crippen LogP contribution in [0.3, 0.4) is 0 Å². The van der Waals surface area contributed by atoms with Crippen LogP contribution in [0.25, 0.3) is 5.52 Å². The van der Waals surface area contributed by atoms with Gasteiger partial charge in [-0.3, -0.25) is 0 Å². The van der Waals surface area contributed by atoms with Crippen LogP contribution in [-0.2, 0) is 23.3 Å². The Bertz CT molecular complexity index is 1060. The van der Waals surface area contributed by atoms with Crippen LogP contribution in [-0.4, -0.2) is 43.3 Å². The molecule has 3 heterocycles. The third kappa shape index (κ3) is 3.79. The summed E-state index contributed by atoms with van der Waals surface area (Å²) in [5.74, 6) is -0.397. The number of aromatic nitrogens is 4. The summed E-state index contributed by atoms with van der Waals surface area (Å²) in [7, 11) is 0. The highest BCUT2D eigenvalue weighted by molar-refractivity contribution is 5.93. The molecule has 0 bridgehead atoms. The predicted molar refractivity (Wildman–Crippen MR) is 102 cm³/mol. The van der Waals surface area contributed by atoms with E-state index in [4.69, 9.17) is 4.74 Å². The standard InChI is InChI=1S/C20H23F3N4O3/c1-4-14-15(18(28)30-6-3)11-26-9-13(7-8-16(14)26)10-27-12-17(24-25-27)19(29,5-2)20(21,22)23/h7-9,11-12,29H,4-6,10H2,1-3H3. The number of hydrogen-bond donors (Lipinski definition) is 1. The zero-order valence-electron chi connectivity index (χ0n) is 16.9. The van der Waals surface area contributed by atoms with E-state index in [9.17, 15) is 23.1 Å². The van der Waals surface area contributed by atoms with Crippen LogP contribution in [0.5, 0.6) is 0 Å². The van der Waals surface area contributed by atoms with Gasteiger partial charge in [-0.05, 0) is 37.0 Å². The van der Waals surface area contributed by atoms with Crippen molar-refractivity contribution in [2.75, 3.05) is 6.61 Å². The molecule has 0 spiro atoms. The molecule has 1 atom stereocenters. The molecule has 0 saturated carbocycles. The Morgan fingerprint density at radius 1 is 1.17 bits per heavy atom. The molecule has 0 aliphatic carbocycles. The van der Waals surface area contributed by atoms with Gasteiger partial charge in [-0.1, -0.05) is 25.1 Å². The Kier molecular flexibility index (Phi) is 5.89. The summed E-state index contributed by atoms with van der Waals surface area (Å²) >= 11 is 0. The lowest BCUT2D eigenvalue weighted by atomic mass is 9.96. The molecule has 0 aromatic carbocycles. The minimum absolute atomic E-state index is 0.148. The first-order valence-corrected chi connectivity index (χ1v) is 9.63. The number of nitrogens with zero attached hydrogens (tertiary/aromatic N) is 4. The van der Waals surface area contributed by atoms with E-state index in [1.165, 1.54) is 11.6 Å². The van der Waals surface area contributed by atoms with Gasteiger partial charge in [-0.15, -0.1) is 5.10 Å². The Hall–Kier alpha value is -2.88. The van der Waals surface area contributed by atoms with Gasteiger partial charge >= 0.3 is 12.1 Å². The molecular formula is C20H23F3N4O3. The molecule has 0 aliphatic heterocycles. The molecule has 162 valence electrons. The fourth-order valence-corrected chi connectivity index (χ4v) is 3.41. The van der Waals surface area contributed by atoms with E-state index in [2.05, 4.69) is 10.3 Å². The Balaban J connectivity index is 1.90. The Morgan fingerprint density at radius 3 is 2.50 bits per heavy atom. The number of pyridine rings is 1. The topological polar surface area (TPSA) is 81.7 Å². The van der Waals surface area contributed by atoms with Gasteiger partial charge < -0.3 is 14.2 Å². The number of carbonyl (C=O) groups is 1. The number of aryl methyl sites for hydroxylation is 1. The van der Waals surface area contributed by atoms with E-state index in [-0.39, 0.29) is 13.2 Å². The first-order valence-electron chi connectivity index (χ1n) is 9.63. The SMILES string of the molecule is CCOC(=O)c1cn2cc(Cn3cc(C(O)(CC)C(F)(F)F)nn3)ccc2c1CC. The molecule has 3 aromatic rings. The van der Waals surface area contributed by atoms with Gasteiger partial charge in [0.05, 0.1) is 24.9 Å². The Labute approximate surface area is 171 Å². The van der Waals surface area contributed by atoms with Crippen molar-refractivity contribution in [3.05, 3.63) is 53.1 Å². The molecule has 0 amide bonds. The largest absolute Gasteiger partial charge is 0.462 e. The van der Waals surface area contributed by atoms with Gasteiger partial charge in [0.2, 0.25) is 5.60 Å². The van der Waals surface area contributed by atoms with E-state index in [0.29, 0.717) is 12.0 Å². The first-order chi connectivity index (χ1) is 14.1. The van der Waals surface area contributed by atoms with Crippen molar-refractivity contribution >= 4 is 11.5 Å². The van der Waals surface area contributed by atoms with Gasteiger partial charge in [-0.25, -0.2) is 9.48 Å². The van der Waals surface area contributed by atoms with Crippen LogP contribution in [0.2, 0.25) is 0 Å². The molecule has 3 aromatic heterocycles. The van der Waals surface area contributed by atoms with Crippen molar-refractivity contribution in [3.8, 4) is 0 Å². The lowest BCUT2D eigenvalue weighted by Crippen LogP contribution is -2.42. The second kappa shape index (κ2) is 8.10. The van der Waals surface area contributed by atoms with Crippen LogP contribution < -0.4 is 0 Å². The average Bonchev–Trinajstić information content (AvgIpc) is 3.30. The molecule has 30 heavy (non-hydrogen) atoms. The van der Waals surface area contributed by atoms with Gasteiger partial charge in [-0.2, -0.15) is 13.2 Å². The van der Waals surface area contributed by atoms with Gasteiger partial charge in [0.1, 0.15) is 5.69 Å². The summed E-state index contributed by atoms with van der Waals surface area (Å²) in [4.78, 5) is 12.2. The molecule has 0 radical (unpaired) electrons. The molecule has 0 fully saturated rings. The average molecular weight is 424 g/mol. The lowest BCUT2D eigenvalue weighted by Gasteiger charge is -2.26. The second-order valence-corrected chi connectivity index (χ2v) is 6.94. The third-order valence-electron chi connectivity index (χ3n) is 5.08. The number of carbonyl (C=O) groups excluding carboxylic acids is 1. The van der Waals surface area contributed by atoms with Crippen LogP contribution in [0, 0.1) is 0 Å². The number of alkyl halides is 3. The van der Waals surface area contributed by atoms with E-state index >= 15 is 0 Å². The van der Waals surface area contributed by atoms with E-state index in [1.54, 1.807) is 29.8 Å². The van der Waals surface area contributed by atoms with E-state index < -0.39 is 29.9 Å². The zero-order chi connectivity index (χ0) is 22.1. The van der Waals surface area contributed by atoms with Crippen LogP contribution in [0.1, 0.15) is 54.4 Å². The molecule has 1 unspecified atom stereocenters. The summed E-state index contributed by atoms with van der Waals surface area (Å²) in [5.41, 5.74) is -0.656. The third-order valence-corrected chi connectivity index (χ3v) is 5.08. The maximum Gasteiger partial charge on any atom is 0.423 e. The highest BCUT2D eigenvalue weighted by Crippen LogP contribution is 2.40. The van der Waals surface area contributed by atoms with Gasteiger partial charge in [0, 0.05) is 17.9 Å². The summed E-state index contributed by atoms with van der Waals surface area (Å²) in [6, 6.07) is 3.65. The number of ether oxygens (including phenoxy) is 1. The second-order valence-electron chi connectivity index (χ2n) is 6.94. The molecule has 0 aliphatic rings. The van der Waals surface area contributed by atoms with E-state index in [0.717, 1.165) is 22.8 Å². The van der Waals surface area contributed by atoms with Crippen molar-refractivity contribution in [2.45, 2.75) is 51.9 Å². The van der Waals surface area contributed by atoms with E-state index in [1.807, 2.05) is 13.0 Å². The quantitative estimate of drug-likeness (QED) is 0.588. The zero-order valence-corrected chi connectivity index (χ0v) is 16.9. The lowest BCUT2D eigenvalue weighted by molar-refractivity contribution is -0.269. The minimum atomic E-state index is -4.85. The number of aliphatic hydroxyl groups is 1. The first kappa shape index (κ1) is 21.8. The normalized spacial score (nSPS) is 14.1. The van der Waals surface area contributed by atoms with Gasteiger partial charge in [0.25, 0.3) is 0 Å². The summed E-state index contributed by atoms with van der Waals surface area (Å²) < 4.78 is 47.8. The number of rotatable bonds is 7. The molecule has 10 heteroatoms. The van der Waals surface area contributed by atoms with Crippen LogP contribution in [0.4, 0.5) is 13.2 Å². The van der Waals surface area contributed by atoms with Crippen LogP contribution in [0.15, 0.2) is 30.7 Å². The fraction of sp³-hybridized carbons (Fsp3) is 0.450. The molecule has 0 saturated heterocycles. The number of fused-ring (bicyclic) bond motifs is 1. The van der Waals surface area contributed by atoms with Gasteiger partial charge in [0.15, 0.2) is 0 Å². The van der Waals surface area contributed by atoms with Crippen molar-refractivity contribution < 1.29 is 27.8 Å². The maximum atomic E-state index is 13.2. The van der Waals surface area contributed by atoms with Crippen LogP contribution >= 0.6 is 0 Å². The van der Waals surface area contributed by atoms with Crippen molar-refractivity contribution in [3.63, 3.8) is 0 Å². The molecule has 3 rings (SSSR count). The number of hydrogen-bond acceptors (Lipinski definition) is 5.